The summed E-state index contributed by atoms with van der Waals surface area (Å²) in [7, 11) is 0. The summed E-state index contributed by atoms with van der Waals surface area (Å²) in [6, 6.07) is 3.88. The third-order valence-electron chi connectivity index (χ3n) is 2.07. The van der Waals surface area contributed by atoms with Crippen LogP contribution in [-0.2, 0) is 6.54 Å². The SMILES string of the molecule is Cc1c(N)cc(C#N)n1CC(C)C. The highest BCUT2D eigenvalue weighted by atomic mass is 15.0. The van der Waals surface area contributed by atoms with Crippen molar-refractivity contribution < 1.29 is 0 Å². The van der Waals surface area contributed by atoms with Gasteiger partial charge in [-0.1, -0.05) is 13.8 Å². The molecule has 0 fully saturated rings. The first kappa shape index (κ1) is 9.66. The van der Waals surface area contributed by atoms with E-state index < -0.39 is 0 Å². The zero-order chi connectivity index (χ0) is 10.0. The molecule has 0 aliphatic rings. The number of nitrogens with two attached hydrogens (primary N) is 1. The van der Waals surface area contributed by atoms with Crippen molar-refractivity contribution in [1.82, 2.24) is 4.57 Å². The average molecular weight is 177 g/mol. The molecule has 2 N–H and O–H groups in total. The van der Waals surface area contributed by atoms with Gasteiger partial charge in [0, 0.05) is 12.2 Å². The zero-order valence-electron chi connectivity index (χ0n) is 8.33. The minimum Gasteiger partial charge on any atom is -0.397 e. The summed E-state index contributed by atoms with van der Waals surface area (Å²) < 4.78 is 1.97. The van der Waals surface area contributed by atoms with Crippen molar-refractivity contribution in [2.45, 2.75) is 27.3 Å². The Balaban J connectivity index is 3.11. The standard InChI is InChI=1S/C10H15N3/c1-7(2)6-13-8(3)10(12)4-9(13)5-11/h4,7H,6,12H2,1-3H3. The van der Waals surface area contributed by atoms with Gasteiger partial charge < -0.3 is 10.3 Å². The first-order valence-corrected chi connectivity index (χ1v) is 4.42. The normalized spacial score (nSPS) is 10.4. The Hall–Kier alpha value is -1.43. The molecule has 3 nitrogen and oxygen atoms in total. The Morgan fingerprint density at radius 2 is 2.23 bits per heavy atom. The monoisotopic (exact) mass is 177 g/mol. The van der Waals surface area contributed by atoms with Gasteiger partial charge in [-0.25, -0.2) is 0 Å². The summed E-state index contributed by atoms with van der Waals surface area (Å²) in [5.41, 5.74) is 8.07. The summed E-state index contributed by atoms with van der Waals surface area (Å²) in [4.78, 5) is 0. The highest BCUT2D eigenvalue weighted by Gasteiger charge is 2.09. The van der Waals surface area contributed by atoms with Crippen LogP contribution in [0.1, 0.15) is 25.2 Å². The lowest BCUT2D eigenvalue weighted by Gasteiger charge is -2.10. The van der Waals surface area contributed by atoms with Gasteiger partial charge in [0.25, 0.3) is 0 Å². The lowest BCUT2D eigenvalue weighted by Crippen LogP contribution is -2.08. The van der Waals surface area contributed by atoms with Gasteiger partial charge in [0.15, 0.2) is 0 Å². The Morgan fingerprint density at radius 1 is 1.62 bits per heavy atom. The van der Waals surface area contributed by atoms with Gasteiger partial charge in [-0.05, 0) is 18.9 Å². The smallest absolute Gasteiger partial charge is 0.122 e. The predicted octanol–water partition coefficient (Wildman–Crippen LogP) is 1.91. The Labute approximate surface area is 78.8 Å². The zero-order valence-corrected chi connectivity index (χ0v) is 8.33. The van der Waals surface area contributed by atoms with E-state index in [-0.39, 0.29) is 0 Å². The van der Waals surface area contributed by atoms with Crippen LogP contribution in [0.5, 0.6) is 0 Å². The summed E-state index contributed by atoms with van der Waals surface area (Å²) >= 11 is 0. The quantitative estimate of drug-likeness (QED) is 0.750. The summed E-state index contributed by atoms with van der Waals surface area (Å²) in [6.07, 6.45) is 0. The number of rotatable bonds is 2. The Kier molecular flexibility index (Phi) is 2.62. The molecule has 0 spiro atoms. The lowest BCUT2D eigenvalue weighted by atomic mass is 10.2. The van der Waals surface area contributed by atoms with Crippen molar-refractivity contribution in [3.8, 4) is 6.07 Å². The molecule has 0 aromatic carbocycles. The molecular weight excluding hydrogens is 162 g/mol. The van der Waals surface area contributed by atoms with E-state index >= 15 is 0 Å². The van der Waals surface area contributed by atoms with Crippen molar-refractivity contribution in [2.75, 3.05) is 5.73 Å². The topological polar surface area (TPSA) is 54.7 Å². The number of anilines is 1. The number of hydrogen-bond acceptors (Lipinski definition) is 2. The van der Waals surface area contributed by atoms with Crippen molar-refractivity contribution in [3.63, 3.8) is 0 Å². The fourth-order valence-electron chi connectivity index (χ4n) is 1.36. The molecule has 0 aliphatic carbocycles. The van der Waals surface area contributed by atoms with Crippen LogP contribution < -0.4 is 5.73 Å². The van der Waals surface area contributed by atoms with Crippen LogP contribution >= 0.6 is 0 Å². The Bertz CT molecular complexity index is 342. The first-order valence-electron chi connectivity index (χ1n) is 4.42. The third-order valence-corrected chi connectivity index (χ3v) is 2.07. The fourth-order valence-corrected chi connectivity index (χ4v) is 1.36. The number of hydrogen-bond donors (Lipinski definition) is 1. The van der Waals surface area contributed by atoms with Crippen LogP contribution in [0, 0.1) is 24.2 Å². The molecule has 1 rings (SSSR count). The largest absolute Gasteiger partial charge is 0.397 e. The maximum Gasteiger partial charge on any atom is 0.122 e. The van der Waals surface area contributed by atoms with Crippen LogP contribution in [0.25, 0.3) is 0 Å². The maximum atomic E-state index is 8.84. The molecule has 0 atom stereocenters. The van der Waals surface area contributed by atoms with Crippen LogP contribution in [0.3, 0.4) is 0 Å². The van der Waals surface area contributed by atoms with Gasteiger partial charge in [-0.15, -0.1) is 0 Å². The van der Waals surface area contributed by atoms with Gasteiger partial charge in [0.2, 0.25) is 0 Å². The first-order chi connectivity index (χ1) is 6.06. The molecule has 1 aromatic rings. The fraction of sp³-hybridized carbons (Fsp3) is 0.500. The number of nitrogens with zero attached hydrogens (tertiary/aromatic N) is 2. The summed E-state index contributed by atoms with van der Waals surface area (Å²) in [5, 5.41) is 8.84. The molecule has 3 heteroatoms. The van der Waals surface area contributed by atoms with E-state index in [4.69, 9.17) is 11.0 Å². The molecule has 0 radical (unpaired) electrons. The van der Waals surface area contributed by atoms with Gasteiger partial charge in [0.1, 0.15) is 11.8 Å². The van der Waals surface area contributed by atoms with Gasteiger partial charge in [-0.3, -0.25) is 0 Å². The number of aromatic nitrogens is 1. The number of nitriles is 1. The molecule has 0 bridgehead atoms. The highest BCUT2D eigenvalue weighted by molar-refractivity contribution is 5.49. The van der Waals surface area contributed by atoms with Crippen molar-refractivity contribution in [2.24, 2.45) is 5.92 Å². The van der Waals surface area contributed by atoms with E-state index in [9.17, 15) is 0 Å². The molecule has 70 valence electrons. The molecule has 13 heavy (non-hydrogen) atoms. The van der Waals surface area contributed by atoms with Gasteiger partial charge in [0.05, 0.1) is 5.69 Å². The molecule has 0 saturated carbocycles. The van der Waals surface area contributed by atoms with E-state index in [1.165, 1.54) is 0 Å². The third kappa shape index (κ3) is 1.83. The van der Waals surface area contributed by atoms with E-state index in [0.29, 0.717) is 17.3 Å². The maximum absolute atomic E-state index is 8.84. The van der Waals surface area contributed by atoms with E-state index in [0.717, 1.165) is 12.2 Å². The molecule has 1 aromatic heterocycles. The van der Waals surface area contributed by atoms with Gasteiger partial charge >= 0.3 is 0 Å². The van der Waals surface area contributed by atoms with Crippen molar-refractivity contribution in [1.29, 1.82) is 5.26 Å². The molecule has 0 aliphatic heterocycles. The molecular formula is C10H15N3. The van der Waals surface area contributed by atoms with Crippen molar-refractivity contribution in [3.05, 3.63) is 17.5 Å². The predicted molar refractivity (Wildman–Crippen MR) is 53.1 cm³/mol. The van der Waals surface area contributed by atoms with Gasteiger partial charge in [-0.2, -0.15) is 5.26 Å². The van der Waals surface area contributed by atoms with E-state index in [1.807, 2.05) is 11.5 Å². The second-order valence-corrected chi connectivity index (χ2v) is 3.69. The average Bonchev–Trinajstić information content (AvgIpc) is 2.31. The van der Waals surface area contributed by atoms with Crippen molar-refractivity contribution >= 4 is 5.69 Å². The van der Waals surface area contributed by atoms with Crippen LogP contribution in [0.2, 0.25) is 0 Å². The minimum atomic E-state index is 0.526. The summed E-state index contributed by atoms with van der Waals surface area (Å²) in [6.45, 7) is 7.04. The molecule has 1 heterocycles. The van der Waals surface area contributed by atoms with Crippen LogP contribution in [0.4, 0.5) is 5.69 Å². The minimum absolute atomic E-state index is 0.526. The Morgan fingerprint density at radius 3 is 2.69 bits per heavy atom. The highest BCUT2D eigenvalue weighted by Crippen LogP contribution is 2.18. The second-order valence-electron chi connectivity index (χ2n) is 3.69. The summed E-state index contributed by atoms with van der Waals surface area (Å²) in [5.74, 6) is 0.526. The molecule has 0 saturated heterocycles. The van der Waals surface area contributed by atoms with Crippen LogP contribution in [-0.4, -0.2) is 4.57 Å². The van der Waals surface area contributed by atoms with E-state index in [1.54, 1.807) is 6.07 Å². The molecule has 0 amide bonds. The van der Waals surface area contributed by atoms with E-state index in [2.05, 4.69) is 19.9 Å². The lowest BCUT2D eigenvalue weighted by molar-refractivity contribution is 0.514. The number of nitrogen functional groups attached to an aromatic ring is 1. The second kappa shape index (κ2) is 3.53. The van der Waals surface area contributed by atoms with Crippen LogP contribution in [0.15, 0.2) is 6.07 Å². The molecule has 0 unspecified atom stereocenters.